The topological polar surface area (TPSA) is 21.3 Å². The van der Waals surface area contributed by atoms with Crippen LogP contribution in [0.2, 0.25) is 5.02 Å². The van der Waals surface area contributed by atoms with E-state index < -0.39 is 0 Å². The van der Waals surface area contributed by atoms with Crippen molar-refractivity contribution in [2.24, 2.45) is 0 Å². The van der Waals surface area contributed by atoms with Crippen molar-refractivity contribution in [2.45, 2.75) is 19.9 Å². The van der Waals surface area contributed by atoms with Crippen molar-refractivity contribution in [3.8, 4) is 16.9 Å². The summed E-state index contributed by atoms with van der Waals surface area (Å²) in [7, 11) is 1.58. The highest BCUT2D eigenvalue weighted by Gasteiger charge is 2.12. The average molecular weight is 308 g/mol. The molecule has 0 saturated carbocycles. The summed E-state index contributed by atoms with van der Waals surface area (Å²) in [5.74, 6) is 0.365. The van der Waals surface area contributed by atoms with Gasteiger partial charge in [-0.1, -0.05) is 24.6 Å². The SMILES string of the molecule is CCCNCc1cc(Cl)ccc1-c1cc(F)ccc1OC. The maximum absolute atomic E-state index is 13.6. The van der Waals surface area contributed by atoms with Crippen molar-refractivity contribution >= 4 is 11.6 Å². The van der Waals surface area contributed by atoms with Gasteiger partial charge in [0.15, 0.2) is 0 Å². The van der Waals surface area contributed by atoms with Crippen LogP contribution in [-0.4, -0.2) is 13.7 Å². The van der Waals surface area contributed by atoms with E-state index in [1.54, 1.807) is 13.2 Å². The largest absolute Gasteiger partial charge is 0.496 e. The standard InChI is InChI=1S/C17H19ClFNO/c1-3-8-20-11-12-9-13(18)4-6-15(12)16-10-14(19)5-7-17(16)21-2/h4-7,9-10,20H,3,8,11H2,1-2H3. The molecule has 0 aliphatic heterocycles. The first-order valence-electron chi connectivity index (χ1n) is 6.98. The Morgan fingerprint density at radius 1 is 1.14 bits per heavy atom. The molecule has 0 heterocycles. The van der Waals surface area contributed by atoms with Gasteiger partial charge in [0.05, 0.1) is 7.11 Å². The van der Waals surface area contributed by atoms with Gasteiger partial charge in [0.1, 0.15) is 11.6 Å². The van der Waals surface area contributed by atoms with E-state index in [1.807, 2.05) is 18.2 Å². The molecule has 2 aromatic carbocycles. The molecule has 0 fully saturated rings. The molecule has 21 heavy (non-hydrogen) atoms. The molecule has 2 aromatic rings. The summed E-state index contributed by atoms with van der Waals surface area (Å²) in [4.78, 5) is 0. The minimum atomic E-state index is -0.284. The predicted molar refractivity (Wildman–Crippen MR) is 85.4 cm³/mol. The molecular weight excluding hydrogens is 289 g/mol. The number of methoxy groups -OCH3 is 1. The highest BCUT2D eigenvalue weighted by Crippen LogP contribution is 2.34. The molecule has 0 bridgehead atoms. The molecule has 2 nitrogen and oxygen atoms in total. The van der Waals surface area contributed by atoms with E-state index in [1.165, 1.54) is 12.1 Å². The van der Waals surface area contributed by atoms with Crippen LogP contribution in [0.25, 0.3) is 11.1 Å². The summed E-state index contributed by atoms with van der Waals surface area (Å²) in [6.45, 7) is 3.72. The third-order valence-corrected chi connectivity index (χ3v) is 3.50. The van der Waals surface area contributed by atoms with Crippen LogP contribution in [0.15, 0.2) is 36.4 Å². The molecular formula is C17H19ClFNO. The van der Waals surface area contributed by atoms with Gasteiger partial charge in [-0.15, -0.1) is 0 Å². The molecule has 2 rings (SSSR count). The van der Waals surface area contributed by atoms with Gasteiger partial charge in [-0.3, -0.25) is 0 Å². The van der Waals surface area contributed by atoms with Crippen molar-refractivity contribution in [1.29, 1.82) is 0 Å². The van der Waals surface area contributed by atoms with Crippen molar-refractivity contribution < 1.29 is 9.13 Å². The lowest BCUT2D eigenvalue weighted by Gasteiger charge is -2.14. The lowest BCUT2D eigenvalue weighted by molar-refractivity contribution is 0.415. The van der Waals surface area contributed by atoms with Crippen molar-refractivity contribution in [3.63, 3.8) is 0 Å². The van der Waals surface area contributed by atoms with Gasteiger partial charge in [-0.2, -0.15) is 0 Å². The first-order valence-corrected chi connectivity index (χ1v) is 7.36. The fourth-order valence-corrected chi connectivity index (χ4v) is 2.46. The molecule has 1 N–H and O–H groups in total. The first-order chi connectivity index (χ1) is 10.2. The van der Waals surface area contributed by atoms with Crippen LogP contribution in [0.3, 0.4) is 0 Å². The zero-order chi connectivity index (χ0) is 15.2. The maximum atomic E-state index is 13.6. The van der Waals surface area contributed by atoms with Gasteiger partial charge >= 0.3 is 0 Å². The second kappa shape index (κ2) is 7.43. The molecule has 0 aliphatic carbocycles. The Labute approximate surface area is 129 Å². The van der Waals surface area contributed by atoms with Crippen molar-refractivity contribution in [2.75, 3.05) is 13.7 Å². The minimum absolute atomic E-state index is 0.284. The zero-order valence-electron chi connectivity index (χ0n) is 12.2. The highest BCUT2D eigenvalue weighted by atomic mass is 35.5. The van der Waals surface area contributed by atoms with E-state index in [0.29, 0.717) is 17.3 Å². The Balaban J connectivity index is 2.45. The summed E-state index contributed by atoms with van der Waals surface area (Å²) in [6, 6.07) is 10.2. The average Bonchev–Trinajstić information content (AvgIpc) is 2.48. The van der Waals surface area contributed by atoms with E-state index in [4.69, 9.17) is 16.3 Å². The fraction of sp³-hybridized carbons (Fsp3) is 0.294. The highest BCUT2D eigenvalue weighted by molar-refractivity contribution is 6.30. The zero-order valence-corrected chi connectivity index (χ0v) is 13.0. The van der Waals surface area contributed by atoms with Crippen LogP contribution >= 0.6 is 11.6 Å². The Kier molecular flexibility index (Phi) is 5.59. The Morgan fingerprint density at radius 2 is 1.95 bits per heavy atom. The van der Waals surface area contributed by atoms with Crippen LogP contribution in [-0.2, 0) is 6.54 Å². The van der Waals surface area contributed by atoms with Gasteiger partial charge < -0.3 is 10.1 Å². The van der Waals surface area contributed by atoms with Gasteiger partial charge in [0.25, 0.3) is 0 Å². The summed E-state index contributed by atoms with van der Waals surface area (Å²) < 4.78 is 18.9. The van der Waals surface area contributed by atoms with E-state index >= 15 is 0 Å². The fourth-order valence-electron chi connectivity index (χ4n) is 2.26. The van der Waals surface area contributed by atoms with Crippen LogP contribution in [0.4, 0.5) is 4.39 Å². The molecule has 0 amide bonds. The number of hydrogen-bond donors (Lipinski definition) is 1. The number of benzene rings is 2. The molecule has 0 saturated heterocycles. The van der Waals surface area contributed by atoms with Gasteiger partial charge in [0.2, 0.25) is 0 Å². The number of halogens is 2. The Hall–Kier alpha value is -1.58. The minimum Gasteiger partial charge on any atom is -0.496 e. The smallest absolute Gasteiger partial charge is 0.126 e. The second-order valence-electron chi connectivity index (χ2n) is 4.82. The molecule has 0 radical (unpaired) electrons. The number of hydrogen-bond acceptors (Lipinski definition) is 2. The summed E-state index contributed by atoms with van der Waals surface area (Å²) in [6.07, 6.45) is 1.05. The predicted octanol–water partition coefficient (Wildman–Crippen LogP) is 4.65. The maximum Gasteiger partial charge on any atom is 0.126 e. The van der Waals surface area contributed by atoms with E-state index in [2.05, 4.69) is 12.2 Å². The third-order valence-electron chi connectivity index (χ3n) is 3.26. The van der Waals surface area contributed by atoms with Gasteiger partial charge in [-0.25, -0.2) is 4.39 Å². The van der Waals surface area contributed by atoms with Crippen molar-refractivity contribution in [3.05, 3.63) is 52.8 Å². The first kappa shape index (κ1) is 15.8. The van der Waals surface area contributed by atoms with Gasteiger partial charge in [-0.05, 0) is 54.4 Å². The van der Waals surface area contributed by atoms with Gasteiger partial charge in [0, 0.05) is 17.1 Å². The number of ether oxygens (including phenoxy) is 1. The number of rotatable bonds is 6. The molecule has 4 heteroatoms. The van der Waals surface area contributed by atoms with Crippen LogP contribution in [0, 0.1) is 5.82 Å². The summed E-state index contributed by atoms with van der Waals surface area (Å²) in [5, 5.41) is 4.02. The van der Waals surface area contributed by atoms with E-state index in [-0.39, 0.29) is 5.82 Å². The van der Waals surface area contributed by atoms with E-state index in [0.717, 1.165) is 29.7 Å². The molecule has 0 aliphatic rings. The van der Waals surface area contributed by atoms with E-state index in [9.17, 15) is 4.39 Å². The molecule has 0 spiro atoms. The van der Waals surface area contributed by atoms with Crippen LogP contribution < -0.4 is 10.1 Å². The summed E-state index contributed by atoms with van der Waals surface area (Å²) >= 11 is 6.09. The Bertz CT molecular complexity index is 616. The normalized spacial score (nSPS) is 10.7. The molecule has 0 aromatic heterocycles. The second-order valence-corrected chi connectivity index (χ2v) is 5.26. The van der Waals surface area contributed by atoms with Crippen molar-refractivity contribution in [1.82, 2.24) is 5.32 Å². The number of nitrogens with one attached hydrogen (secondary N) is 1. The summed E-state index contributed by atoms with van der Waals surface area (Å²) in [5.41, 5.74) is 2.70. The molecule has 0 atom stereocenters. The molecule has 112 valence electrons. The van der Waals surface area contributed by atoms with Crippen LogP contribution in [0.5, 0.6) is 5.75 Å². The van der Waals surface area contributed by atoms with Crippen LogP contribution in [0.1, 0.15) is 18.9 Å². The lowest BCUT2D eigenvalue weighted by Crippen LogP contribution is -2.14. The molecule has 0 unspecified atom stereocenters. The Morgan fingerprint density at radius 3 is 2.67 bits per heavy atom. The quantitative estimate of drug-likeness (QED) is 0.784. The third kappa shape index (κ3) is 3.96. The monoisotopic (exact) mass is 307 g/mol. The lowest BCUT2D eigenvalue weighted by atomic mass is 9.98.